The molecule has 0 aliphatic heterocycles. The predicted molar refractivity (Wildman–Crippen MR) is 72.2 cm³/mol. The lowest BCUT2D eigenvalue weighted by molar-refractivity contribution is 0.752. The van der Waals surface area contributed by atoms with Crippen LogP contribution in [-0.2, 0) is 0 Å². The van der Waals surface area contributed by atoms with Crippen molar-refractivity contribution < 1.29 is 0 Å². The second-order valence-electron chi connectivity index (χ2n) is 4.33. The van der Waals surface area contributed by atoms with E-state index in [-0.39, 0.29) is 12.0 Å². The van der Waals surface area contributed by atoms with Crippen molar-refractivity contribution in [1.29, 1.82) is 0 Å². The minimum absolute atomic E-state index is 0.00862. The fourth-order valence-corrected chi connectivity index (χ4v) is 1.88. The highest BCUT2D eigenvalue weighted by molar-refractivity contribution is 9.10. The Morgan fingerprint density at radius 3 is 2.67 bits per heavy atom. The molecule has 0 radical (unpaired) electrons. The fraction of sp³-hybridized carbons (Fsp3) is 0.455. The van der Waals surface area contributed by atoms with Gasteiger partial charge in [0.1, 0.15) is 28.4 Å². The van der Waals surface area contributed by atoms with Crippen LogP contribution in [0.2, 0.25) is 0 Å². The first kappa shape index (κ1) is 12.9. The number of nitrogens with zero attached hydrogens (tertiary/aromatic N) is 4. The molecule has 2 aromatic heterocycles. The molecule has 7 heteroatoms. The van der Waals surface area contributed by atoms with Gasteiger partial charge in [-0.1, -0.05) is 13.8 Å². The summed E-state index contributed by atoms with van der Waals surface area (Å²) in [7, 11) is 0. The maximum atomic E-state index is 4.47. The summed E-state index contributed by atoms with van der Waals surface area (Å²) in [5.74, 6) is 2.63. The van der Waals surface area contributed by atoms with Gasteiger partial charge in [0.25, 0.3) is 0 Å². The van der Waals surface area contributed by atoms with Crippen LogP contribution in [0.25, 0.3) is 0 Å². The molecule has 2 aromatic rings. The van der Waals surface area contributed by atoms with Crippen molar-refractivity contribution in [3.8, 4) is 0 Å². The molecule has 0 aliphatic rings. The van der Waals surface area contributed by atoms with Crippen LogP contribution < -0.4 is 5.32 Å². The third-order valence-electron chi connectivity index (χ3n) is 2.44. The molecule has 18 heavy (non-hydrogen) atoms. The van der Waals surface area contributed by atoms with Crippen LogP contribution >= 0.6 is 15.9 Å². The highest BCUT2D eigenvalue weighted by atomic mass is 79.9. The standard InChI is InChI=1S/C11H15BrN6/c1-6(2)10-16-8(12)4-9(17-10)15-7(3)11-13-5-14-18-11/h4-7H,1-3H3,(H,13,14,18)(H,15,16,17). The number of nitrogens with one attached hydrogen (secondary N) is 2. The molecule has 1 atom stereocenters. The van der Waals surface area contributed by atoms with Crippen molar-refractivity contribution in [3.05, 3.63) is 28.6 Å². The van der Waals surface area contributed by atoms with Crippen LogP contribution in [0, 0.1) is 0 Å². The van der Waals surface area contributed by atoms with E-state index in [1.807, 2.05) is 13.0 Å². The minimum Gasteiger partial charge on any atom is -0.360 e. The molecule has 2 rings (SSSR count). The molecular weight excluding hydrogens is 296 g/mol. The first-order valence-corrected chi connectivity index (χ1v) is 6.52. The zero-order valence-electron chi connectivity index (χ0n) is 10.5. The normalized spacial score (nSPS) is 12.7. The Morgan fingerprint density at radius 1 is 1.28 bits per heavy atom. The number of aromatic nitrogens is 5. The Hall–Kier alpha value is -1.50. The third kappa shape index (κ3) is 3.04. The third-order valence-corrected chi connectivity index (χ3v) is 2.84. The summed E-state index contributed by atoms with van der Waals surface area (Å²) in [6.07, 6.45) is 1.49. The zero-order chi connectivity index (χ0) is 13.1. The molecule has 0 amide bonds. The fourth-order valence-electron chi connectivity index (χ4n) is 1.48. The lowest BCUT2D eigenvalue weighted by Gasteiger charge is -2.13. The van der Waals surface area contributed by atoms with Gasteiger partial charge in [-0.25, -0.2) is 15.0 Å². The van der Waals surface area contributed by atoms with Gasteiger partial charge >= 0.3 is 0 Å². The van der Waals surface area contributed by atoms with E-state index in [1.54, 1.807) is 0 Å². The van der Waals surface area contributed by atoms with Crippen molar-refractivity contribution >= 4 is 21.7 Å². The van der Waals surface area contributed by atoms with Gasteiger partial charge in [-0.3, -0.25) is 5.10 Å². The van der Waals surface area contributed by atoms with E-state index in [2.05, 4.69) is 60.2 Å². The Kier molecular flexibility index (Phi) is 3.90. The summed E-state index contributed by atoms with van der Waals surface area (Å²) in [5.41, 5.74) is 0. The minimum atomic E-state index is 0.00862. The Bertz CT molecular complexity index is 510. The van der Waals surface area contributed by atoms with E-state index >= 15 is 0 Å². The Balaban J connectivity index is 2.18. The van der Waals surface area contributed by atoms with Crippen LogP contribution in [0.15, 0.2) is 17.0 Å². The molecule has 1 unspecified atom stereocenters. The van der Waals surface area contributed by atoms with Gasteiger partial charge in [0.05, 0.1) is 6.04 Å². The maximum absolute atomic E-state index is 4.47. The molecule has 2 N–H and O–H groups in total. The molecule has 0 spiro atoms. The van der Waals surface area contributed by atoms with Crippen molar-refractivity contribution in [2.75, 3.05) is 5.32 Å². The van der Waals surface area contributed by atoms with Crippen LogP contribution in [0.5, 0.6) is 0 Å². The quantitative estimate of drug-likeness (QED) is 0.849. The lowest BCUT2D eigenvalue weighted by Crippen LogP contribution is -2.11. The van der Waals surface area contributed by atoms with Gasteiger partial charge < -0.3 is 5.32 Å². The van der Waals surface area contributed by atoms with Crippen LogP contribution in [-0.4, -0.2) is 25.1 Å². The van der Waals surface area contributed by atoms with Gasteiger partial charge in [-0.05, 0) is 22.9 Å². The summed E-state index contributed by atoms with van der Waals surface area (Å²) in [6.45, 7) is 6.11. The van der Waals surface area contributed by atoms with Crippen LogP contribution in [0.4, 0.5) is 5.82 Å². The van der Waals surface area contributed by atoms with Crippen molar-refractivity contribution in [3.63, 3.8) is 0 Å². The first-order chi connectivity index (χ1) is 8.56. The molecule has 0 saturated carbocycles. The number of H-pyrrole nitrogens is 1. The molecule has 0 saturated heterocycles. The molecular formula is C11H15BrN6. The van der Waals surface area contributed by atoms with Crippen molar-refractivity contribution in [2.24, 2.45) is 0 Å². The second-order valence-corrected chi connectivity index (χ2v) is 5.14. The first-order valence-electron chi connectivity index (χ1n) is 5.72. The average Bonchev–Trinajstić information content (AvgIpc) is 2.81. The van der Waals surface area contributed by atoms with E-state index in [1.165, 1.54) is 6.33 Å². The molecule has 0 aromatic carbocycles. The van der Waals surface area contributed by atoms with E-state index in [0.717, 1.165) is 22.1 Å². The SMILES string of the molecule is CC(C)c1nc(Br)cc(NC(C)c2ncn[nH]2)n1. The molecule has 0 fully saturated rings. The van der Waals surface area contributed by atoms with Gasteiger partial charge in [-0.15, -0.1) is 0 Å². The summed E-state index contributed by atoms with van der Waals surface area (Å²) in [5, 5.41) is 9.93. The van der Waals surface area contributed by atoms with Gasteiger partial charge in [0.2, 0.25) is 0 Å². The van der Waals surface area contributed by atoms with Crippen LogP contribution in [0.3, 0.4) is 0 Å². The summed E-state index contributed by atoms with van der Waals surface area (Å²) in [6, 6.07) is 1.85. The average molecular weight is 311 g/mol. The summed E-state index contributed by atoms with van der Waals surface area (Å²) >= 11 is 3.39. The molecule has 0 bridgehead atoms. The molecule has 0 aliphatic carbocycles. The highest BCUT2D eigenvalue weighted by Gasteiger charge is 2.11. The Morgan fingerprint density at radius 2 is 2.06 bits per heavy atom. The molecule has 6 nitrogen and oxygen atoms in total. The zero-order valence-corrected chi connectivity index (χ0v) is 12.1. The number of anilines is 1. The predicted octanol–water partition coefficient (Wildman–Crippen LogP) is 2.65. The van der Waals surface area contributed by atoms with E-state index in [0.29, 0.717) is 0 Å². The topological polar surface area (TPSA) is 79.4 Å². The monoisotopic (exact) mass is 310 g/mol. The number of hydrogen-bond donors (Lipinski definition) is 2. The van der Waals surface area contributed by atoms with Gasteiger partial charge in [-0.2, -0.15) is 5.10 Å². The summed E-state index contributed by atoms with van der Waals surface area (Å²) < 4.78 is 0.772. The number of halogens is 1. The maximum Gasteiger partial charge on any atom is 0.146 e. The van der Waals surface area contributed by atoms with Crippen molar-refractivity contribution in [1.82, 2.24) is 25.1 Å². The van der Waals surface area contributed by atoms with E-state index < -0.39 is 0 Å². The summed E-state index contributed by atoms with van der Waals surface area (Å²) in [4.78, 5) is 12.9. The van der Waals surface area contributed by atoms with Gasteiger partial charge in [0, 0.05) is 12.0 Å². The van der Waals surface area contributed by atoms with E-state index in [9.17, 15) is 0 Å². The van der Waals surface area contributed by atoms with Gasteiger partial charge in [0.15, 0.2) is 0 Å². The number of aromatic amines is 1. The van der Waals surface area contributed by atoms with E-state index in [4.69, 9.17) is 0 Å². The number of rotatable bonds is 4. The van der Waals surface area contributed by atoms with Crippen LogP contribution in [0.1, 0.15) is 44.4 Å². The van der Waals surface area contributed by atoms with Crippen molar-refractivity contribution in [2.45, 2.75) is 32.7 Å². The second kappa shape index (κ2) is 5.43. The Labute approximate surface area is 114 Å². The number of hydrogen-bond acceptors (Lipinski definition) is 5. The molecule has 2 heterocycles. The highest BCUT2D eigenvalue weighted by Crippen LogP contribution is 2.20. The molecule has 96 valence electrons. The smallest absolute Gasteiger partial charge is 0.146 e. The largest absolute Gasteiger partial charge is 0.360 e. The lowest BCUT2D eigenvalue weighted by atomic mass is 10.2.